The topological polar surface area (TPSA) is 109 Å². The van der Waals surface area contributed by atoms with Crippen LogP contribution in [-0.2, 0) is 17.4 Å². The van der Waals surface area contributed by atoms with Gasteiger partial charge in [0.15, 0.2) is 11.4 Å². The number of nitrogens with zero attached hydrogens (tertiary/aromatic N) is 6. The average Bonchev–Trinajstić information content (AvgIpc) is 3.55. The fraction of sp³-hybridized carbons (Fsp3) is 0.261. The maximum Gasteiger partial charge on any atom is 0.408 e. The predicted octanol–water partition coefficient (Wildman–Crippen LogP) is 3.72. The van der Waals surface area contributed by atoms with E-state index in [1.165, 1.54) is 23.5 Å². The van der Waals surface area contributed by atoms with Crippen LogP contribution in [0.2, 0.25) is 0 Å². The third-order valence-corrected chi connectivity index (χ3v) is 6.86. The van der Waals surface area contributed by atoms with Gasteiger partial charge in [0, 0.05) is 49.9 Å². The Bertz CT molecular complexity index is 1440. The van der Waals surface area contributed by atoms with Crippen molar-refractivity contribution in [1.29, 1.82) is 0 Å². The molecule has 3 aromatic heterocycles. The van der Waals surface area contributed by atoms with E-state index in [1.54, 1.807) is 53.8 Å². The lowest BCUT2D eigenvalue weighted by atomic mass is 9.89. The van der Waals surface area contributed by atoms with Crippen LogP contribution < -0.4 is 5.32 Å². The molecule has 4 aromatic rings. The highest BCUT2D eigenvalue weighted by atomic mass is 32.1. The minimum atomic E-state index is -4.64. The molecule has 0 saturated carbocycles. The number of carbonyl (C=O) groups is 1. The molecule has 186 valence electrons. The Morgan fingerprint density at radius 2 is 1.97 bits per heavy atom. The predicted molar refractivity (Wildman–Crippen MR) is 126 cm³/mol. The van der Waals surface area contributed by atoms with Gasteiger partial charge in [-0.15, -0.1) is 11.3 Å². The number of amides is 1. The second kappa shape index (κ2) is 8.68. The van der Waals surface area contributed by atoms with Crippen molar-refractivity contribution in [3.63, 3.8) is 0 Å². The number of nitrogens with one attached hydrogen (secondary N) is 1. The van der Waals surface area contributed by atoms with Gasteiger partial charge in [0.25, 0.3) is 5.91 Å². The molecular formula is C23H20F3N7O2S. The summed E-state index contributed by atoms with van der Waals surface area (Å²) in [6, 6.07) is 7.67. The third-order valence-electron chi connectivity index (χ3n) is 5.97. The molecule has 1 saturated heterocycles. The van der Waals surface area contributed by atoms with E-state index in [2.05, 4.69) is 25.4 Å². The summed E-state index contributed by atoms with van der Waals surface area (Å²) in [7, 11) is 2.84. The van der Waals surface area contributed by atoms with Crippen molar-refractivity contribution in [2.24, 2.45) is 7.05 Å². The second-order valence-electron chi connectivity index (χ2n) is 8.42. The van der Waals surface area contributed by atoms with Crippen LogP contribution in [0.1, 0.15) is 12.0 Å². The van der Waals surface area contributed by atoms with E-state index >= 15 is 0 Å². The zero-order chi connectivity index (χ0) is 25.7. The minimum absolute atomic E-state index is 0.0873. The molecule has 2 atom stereocenters. The van der Waals surface area contributed by atoms with Crippen molar-refractivity contribution in [3.8, 4) is 22.0 Å². The standard InChI is InChI=1S/C23H20F3N7O2S/c1-32-9-7-18(31-32)30-21-27-8-6-15(29-21)16-12-36-19(28-16)13-4-3-5-14(10-13)22(35)11-17(23(24,25)26)33(2)20(22)34/h3-10,12,17,35H,11H2,1-2H3,(H,27,29,30,31)/t17-,22+/m1/s1. The fourth-order valence-corrected chi connectivity index (χ4v) is 4.92. The van der Waals surface area contributed by atoms with Crippen molar-refractivity contribution in [2.45, 2.75) is 24.2 Å². The Morgan fingerprint density at radius 1 is 1.17 bits per heavy atom. The SMILES string of the molecule is CN1C(=O)[C@@](O)(c2cccc(-c3nc(-c4ccnc(Nc5ccn(C)n5)n4)cs3)c2)C[C@@H]1C(F)(F)F. The van der Waals surface area contributed by atoms with E-state index in [1.807, 2.05) is 0 Å². The first-order valence-corrected chi connectivity index (χ1v) is 11.7. The highest BCUT2D eigenvalue weighted by Gasteiger charge is 2.59. The van der Waals surface area contributed by atoms with Crippen molar-refractivity contribution in [1.82, 2.24) is 29.6 Å². The zero-order valence-corrected chi connectivity index (χ0v) is 19.9. The van der Waals surface area contributed by atoms with Gasteiger partial charge in [0.05, 0.1) is 5.69 Å². The van der Waals surface area contributed by atoms with Crippen LogP contribution in [0.3, 0.4) is 0 Å². The van der Waals surface area contributed by atoms with Gasteiger partial charge in [-0.1, -0.05) is 18.2 Å². The molecule has 1 aromatic carbocycles. The molecule has 0 bridgehead atoms. The summed E-state index contributed by atoms with van der Waals surface area (Å²) in [6.07, 6.45) is -2.05. The number of carbonyl (C=O) groups excluding carboxylic acids is 1. The van der Waals surface area contributed by atoms with Crippen molar-refractivity contribution < 1.29 is 23.1 Å². The van der Waals surface area contributed by atoms with Crippen LogP contribution in [0.25, 0.3) is 22.0 Å². The number of aryl methyl sites for hydroxylation is 1. The number of thiazole rings is 1. The summed E-state index contributed by atoms with van der Waals surface area (Å²) in [5, 5.41) is 20.6. The molecule has 1 amide bonds. The molecule has 1 fully saturated rings. The monoisotopic (exact) mass is 515 g/mol. The van der Waals surface area contributed by atoms with Crippen LogP contribution in [-0.4, -0.2) is 59.9 Å². The normalized spacial score (nSPS) is 20.2. The number of alkyl halides is 3. The first kappa shape index (κ1) is 23.9. The number of anilines is 2. The highest BCUT2D eigenvalue weighted by Crippen LogP contribution is 2.43. The summed E-state index contributed by atoms with van der Waals surface area (Å²) >= 11 is 1.30. The summed E-state index contributed by atoms with van der Waals surface area (Å²) < 4.78 is 41.8. The molecule has 4 heterocycles. The summed E-state index contributed by atoms with van der Waals surface area (Å²) in [5.74, 6) is -0.0630. The number of hydrogen-bond acceptors (Lipinski definition) is 8. The van der Waals surface area contributed by atoms with Gasteiger partial charge in [0.2, 0.25) is 5.95 Å². The second-order valence-corrected chi connectivity index (χ2v) is 9.28. The van der Waals surface area contributed by atoms with Crippen LogP contribution in [0, 0.1) is 0 Å². The average molecular weight is 516 g/mol. The van der Waals surface area contributed by atoms with Gasteiger partial charge in [-0.25, -0.2) is 15.0 Å². The maximum atomic E-state index is 13.4. The van der Waals surface area contributed by atoms with Gasteiger partial charge in [-0.2, -0.15) is 18.3 Å². The van der Waals surface area contributed by atoms with E-state index in [0.29, 0.717) is 38.6 Å². The van der Waals surface area contributed by atoms with Crippen molar-refractivity contribution in [3.05, 3.63) is 59.7 Å². The largest absolute Gasteiger partial charge is 0.408 e. The molecule has 0 unspecified atom stereocenters. The molecule has 2 N–H and O–H groups in total. The summed E-state index contributed by atoms with van der Waals surface area (Å²) in [6.45, 7) is 0. The number of likely N-dealkylation sites (tertiary alicyclic amines) is 1. The molecule has 1 aliphatic heterocycles. The quantitative estimate of drug-likeness (QED) is 0.417. The first-order valence-electron chi connectivity index (χ1n) is 10.8. The summed E-state index contributed by atoms with van der Waals surface area (Å²) in [5.41, 5.74) is -0.502. The minimum Gasteiger partial charge on any atom is -0.375 e. The molecule has 0 aliphatic carbocycles. The van der Waals surface area contributed by atoms with Gasteiger partial charge in [-0.3, -0.25) is 9.48 Å². The van der Waals surface area contributed by atoms with E-state index in [9.17, 15) is 23.1 Å². The lowest BCUT2D eigenvalue weighted by Gasteiger charge is -2.21. The van der Waals surface area contributed by atoms with E-state index in [0.717, 1.165) is 7.05 Å². The fourth-order valence-electron chi connectivity index (χ4n) is 4.11. The molecule has 36 heavy (non-hydrogen) atoms. The summed E-state index contributed by atoms with van der Waals surface area (Å²) in [4.78, 5) is 26.4. The van der Waals surface area contributed by atoms with Gasteiger partial charge in [-0.05, 0) is 17.7 Å². The Balaban J connectivity index is 1.41. The molecule has 9 nitrogen and oxygen atoms in total. The number of rotatable bonds is 5. The highest BCUT2D eigenvalue weighted by molar-refractivity contribution is 7.13. The van der Waals surface area contributed by atoms with Crippen LogP contribution in [0.4, 0.5) is 24.9 Å². The molecule has 13 heteroatoms. The van der Waals surface area contributed by atoms with E-state index in [4.69, 9.17) is 0 Å². The van der Waals surface area contributed by atoms with Crippen molar-refractivity contribution >= 4 is 29.0 Å². The van der Waals surface area contributed by atoms with Crippen LogP contribution in [0.15, 0.2) is 54.2 Å². The van der Waals surface area contributed by atoms with Crippen molar-refractivity contribution in [2.75, 3.05) is 12.4 Å². The van der Waals surface area contributed by atoms with E-state index < -0.39 is 30.1 Å². The molecule has 0 spiro atoms. The van der Waals surface area contributed by atoms with Gasteiger partial charge < -0.3 is 15.3 Å². The lowest BCUT2D eigenvalue weighted by Crippen LogP contribution is -2.41. The lowest BCUT2D eigenvalue weighted by molar-refractivity contribution is -0.177. The first-order chi connectivity index (χ1) is 17.0. The Labute approximate surface area is 207 Å². The molecule has 1 aliphatic rings. The number of aromatic nitrogens is 5. The Hall–Kier alpha value is -3.84. The number of hydrogen-bond donors (Lipinski definition) is 2. The molecule has 0 radical (unpaired) electrons. The zero-order valence-electron chi connectivity index (χ0n) is 19.1. The number of benzene rings is 1. The number of aliphatic hydroxyl groups is 1. The number of halogens is 3. The third kappa shape index (κ3) is 4.31. The Morgan fingerprint density at radius 3 is 2.67 bits per heavy atom. The van der Waals surface area contributed by atoms with Crippen LogP contribution >= 0.6 is 11.3 Å². The molecule has 5 rings (SSSR count). The van der Waals surface area contributed by atoms with Gasteiger partial charge >= 0.3 is 6.18 Å². The molecular weight excluding hydrogens is 495 g/mol. The van der Waals surface area contributed by atoms with Gasteiger partial charge in [0.1, 0.15) is 16.7 Å². The van der Waals surface area contributed by atoms with Crippen LogP contribution in [0.5, 0.6) is 0 Å². The maximum absolute atomic E-state index is 13.4. The smallest absolute Gasteiger partial charge is 0.375 e. The Kier molecular flexibility index (Phi) is 5.75. The van der Waals surface area contributed by atoms with E-state index in [-0.39, 0.29) is 5.56 Å². The number of likely N-dealkylation sites (N-methyl/N-ethyl adjacent to an activating group) is 1.